The SMILES string of the molecule is COc1cc(C)c(C2(CC(C)=O)COC2)cc1Cl. The third-order valence-corrected chi connectivity index (χ3v) is 3.71. The van der Waals surface area contributed by atoms with E-state index in [1.54, 1.807) is 14.0 Å². The minimum absolute atomic E-state index is 0.171. The number of aryl methyl sites for hydroxylation is 1. The normalized spacial score (nSPS) is 17.1. The van der Waals surface area contributed by atoms with Crippen LogP contribution in [0, 0.1) is 6.92 Å². The molecule has 98 valence electrons. The van der Waals surface area contributed by atoms with Gasteiger partial charge in [0.2, 0.25) is 0 Å². The zero-order valence-corrected chi connectivity index (χ0v) is 11.6. The van der Waals surface area contributed by atoms with E-state index in [1.165, 1.54) is 0 Å². The van der Waals surface area contributed by atoms with Gasteiger partial charge in [0, 0.05) is 11.8 Å². The maximum atomic E-state index is 11.4. The largest absolute Gasteiger partial charge is 0.495 e. The van der Waals surface area contributed by atoms with Gasteiger partial charge < -0.3 is 9.47 Å². The Balaban J connectivity index is 2.43. The monoisotopic (exact) mass is 268 g/mol. The lowest BCUT2D eigenvalue weighted by Gasteiger charge is -2.42. The van der Waals surface area contributed by atoms with Crippen LogP contribution in [0.4, 0.5) is 0 Å². The van der Waals surface area contributed by atoms with Gasteiger partial charge in [-0.25, -0.2) is 0 Å². The van der Waals surface area contributed by atoms with Crippen LogP contribution in [0.2, 0.25) is 5.02 Å². The molecule has 3 nitrogen and oxygen atoms in total. The smallest absolute Gasteiger partial charge is 0.137 e. The molecular weight excluding hydrogens is 252 g/mol. The van der Waals surface area contributed by atoms with Gasteiger partial charge in [0.1, 0.15) is 11.5 Å². The highest BCUT2D eigenvalue weighted by Gasteiger charge is 2.42. The van der Waals surface area contributed by atoms with Crippen LogP contribution in [0.3, 0.4) is 0 Å². The van der Waals surface area contributed by atoms with Crippen LogP contribution in [0.15, 0.2) is 12.1 Å². The molecule has 0 saturated carbocycles. The average molecular weight is 269 g/mol. The molecule has 2 rings (SSSR count). The number of ketones is 1. The first-order valence-corrected chi connectivity index (χ1v) is 6.28. The van der Waals surface area contributed by atoms with E-state index in [-0.39, 0.29) is 11.2 Å². The Labute approximate surface area is 112 Å². The fraction of sp³-hybridized carbons (Fsp3) is 0.500. The van der Waals surface area contributed by atoms with E-state index >= 15 is 0 Å². The molecule has 1 heterocycles. The lowest BCUT2D eigenvalue weighted by Crippen LogP contribution is -2.48. The van der Waals surface area contributed by atoms with Crippen LogP contribution in [0.5, 0.6) is 5.75 Å². The number of rotatable bonds is 4. The number of carbonyl (C=O) groups excluding carboxylic acids is 1. The summed E-state index contributed by atoms with van der Waals surface area (Å²) in [5.41, 5.74) is 1.97. The van der Waals surface area contributed by atoms with Crippen LogP contribution >= 0.6 is 11.6 Å². The summed E-state index contributed by atoms with van der Waals surface area (Å²) in [6.45, 7) is 4.78. The summed E-state index contributed by atoms with van der Waals surface area (Å²) in [4.78, 5) is 11.4. The fourth-order valence-corrected chi connectivity index (χ4v) is 2.80. The third-order valence-electron chi connectivity index (χ3n) is 3.41. The highest BCUT2D eigenvalue weighted by molar-refractivity contribution is 6.32. The van der Waals surface area contributed by atoms with E-state index < -0.39 is 0 Å². The van der Waals surface area contributed by atoms with Gasteiger partial charge in [-0.3, -0.25) is 4.79 Å². The first-order chi connectivity index (χ1) is 8.48. The van der Waals surface area contributed by atoms with Crippen molar-refractivity contribution in [3.05, 3.63) is 28.3 Å². The number of ether oxygens (including phenoxy) is 2. The first kappa shape index (κ1) is 13.4. The molecule has 1 aromatic carbocycles. The van der Waals surface area contributed by atoms with Crippen LogP contribution in [-0.2, 0) is 14.9 Å². The molecule has 0 aromatic heterocycles. The zero-order chi connectivity index (χ0) is 13.3. The highest BCUT2D eigenvalue weighted by Crippen LogP contribution is 2.41. The average Bonchev–Trinajstić information content (AvgIpc) is 2.26. The molecule has 0 radical (unpaired) electrons. The number of Topliss-reactive ketones (excluding diaryl/α,β-unsaturated/α-hetero) is 1. The molecule has 1 saturated heterocycles. The van der Waals surface area contributed by atoms with E-state index in [4.69, 9.17) is 21.1 Å². The topological polar surface area (TPSA) is 35.5 Å². The Morgan fingerprint density at radius 3 is 2.61 bits per heavy atom. The predicted molar refractivity (Wildman–Crippen MR) is 70.5 cm³/mol. The molecule has 0 spiro atoms. The van der Waals surface area contributed by atoms with Gasteiger partial charge in [-0.1, -0.05) is 11.6 Å². The van der Waals surface area contributed by atoms with Gasteiger partial charge in [-0.2, -0.15) is 0 Å². The molecule has 1 aromatic rings. The van der Waals surface area contributed by atoms with Gasteiger partial charge in [0.25, 0.3) is 0 Å². The van der Waals surface area contributed by atoms with Crippen molar-refractivity contribution in [3.8, 4) is 5.75 Å². The van der Waals surface area contributed by atoms with Gasteiger partial charge in [0.05, 0.1) is 25.3 Å². The van der Waals surface area contributed by atoms with Crippen molar-refractivity contribution in [1.82, 2.24) is 0 Å². The Morgan fingerprint density at radius 1 is 1.50 bits per heavy atom. The van der Waals surface area contributed by atoms with E-state index in [2.05, 4.69) is 0 Å². The fourth-order valence-electron chi connectivity index (χ4n) is 2.56. The molecule has 0 amide bonds. The Hall–Kier alpha value is -1.06. The molecule has 0 aliphatic carbocycles. The molecule has 1 fully saturated rings. The first-order valence-electron chi connectivity index (χ1n) is 5.90. The molecule has 4 heteroatoms. The quantitative estimate of drug-likeness (QED) is 0.842. The van der Waals surface area contributed by atoms with Crippen molar-refractivity contribution in [3.63, 3.8) is 0 Å². The maximum absolute atomic E-state index is 11.4. The molecule has 0 bridgehead atoms. The van der Waals surface area contributed by atoms with E-state index in [0.717, 1.165) is 11.1 Å². The summed E-state index contributed by atoms with van der Waals surface area (Å²) in [6.07, 6.45) is 0.497. The molecule has 0 unspecified atom stereocenters. The molecule has 18 heavy (non-hydrogen) atoms. The number of hydrogen-bond acceptors (Lipinski definition) is 3. The summed E-state index contributed by atoms with van der Waals surface area (Å²) in [5.74, 6) is 0.834. The summed E-state index contributed by atoms with van der Waals surface area (Å²) < 4.78 is 10.5. The lowest BCUT2D eigenvalue weighted by atomic mass is 9.73. The second kappa shape index (κ2) is 4.90. The minimum Gasteiger partial charge on any atom is -0.495 e. The Morgan fingerprint density at radius 2 is 2.17 bits per heavy atom. The minimum atomic E-state index is -0.203. The van der Waals surface area contributed by atoms with Gasteiger partial charge in [-0.05, 0) is 37.1 Å². The van der Waals surface area contributed by atoms with Crippen molar-refractivity contribution in [2.75, 3.05) is 20.3 Å². The summed E-state index contributed by atoms with van der Waals surface area (Å²) in [5, 5.41) is 0.577. The second-order valence-corrected chi connectivity index (χ2v) is 5.36. The molecular formula is C14H17ClO3. The number of carbonyl (C=O) groups is 1. The third kappa shape index (κ3) is 2.25. The Kier molecular flexibility index (Phi) is 3.64. The van der Waals surface area contributed by atoms with Crippen molar-refractivity contribution in [2.45, 2.75) is 25.7 Å². The van der Waals surface area contributed by atoms with Crippen LogP contribution < -0.4 is 4.74 Å². The van der Waals surface area contributed by atoms with Crippen molar-refractivity contribution < 1.29 is 14.3 Å². The van der Waals surface area contributed by atoms with Gasteiger partial charge >= 0.3 is 0 Å². The van der Waals surface area contributed by atoms with Gasteiger partial charge in [0.15, 0.2) is 0 Å². The van der Waals surface area contributed by atoms with Crippen LogP contribution in [0.1, 0.15) is 24.5 Å². The molecule has 1 aliphatic heterocycles. The number of benzene rings is 1. The van der Waals surface area contributed by atoms with Crippen molar-refractivity contribution in [2.24, 2.45) is 0 Å². The van der Waals surface area contributed by atoms with E-state index in [0.29, 0.717) is 30.4 Å². The summed E-state index contributed by atoms with van der Waals surface area (Å²) in [7, 11) is 1.60. The Bertz CT molecular complexity index is 478. The number of hydrogen-bond donors (Lipinski definition) is 0. The standard InChI is InChI=1S/C14H17ClO3/c1-9-4-13(17-3)12(15)5-11(9)14(6-10(2)16)7-18-8-14/h4-5H,6-8H2,1-3H3. The van der Waals surface area contributed by atoms with E-state index in [9.17, 15) is 4.79 Å². The highest BCUT2D eigenvalue weighted by atomic mass is 35.5. The summed E-state index contributed by atoms with van der Waals surface area (Å²) >= 11 is 6.17. The predicted octanol–water partition coefficient (Wildman–Crippen LogP) is 2.90. The van der Waals surface area contributed by atoms with Crippen molar-refractivity contribution >= 4 is 17.4 Å². The second-order valence-electron chi connectivity index (χ2n) is 4.95. The molecule has 0 atom stereocenters. The molecule has 1 aliphatic rings. The van der Waals surface area contributed by atoms with E-state index in [1.807, 2.05) is 19.1 Å². The summed E-state index contributed by atoms with van der Waals surface area (Å²) in [6, 6.07) is 3.82. The van der Waals surface area contributed by atoms with Crippen LogP contribution in [0.25, 0.3) is 0 Å². The van der Waals surface area contributed by atoms with Crippen molar-refractivity contribution in [1.29, 1.82) is 0 Å². The van der Waals surface area contributed by atoms with Crippen LogP contribution in [-0.4, -0.2) is 26.1 Å². The number of halogens is 1. The molecule has 0 N–H and O–H groups in total. The number of methoxy groups -OCH3 is 1. The zero-order valence-electron chi connectivity index (χ0n) is 10.9. The maximum Gasteiger partial charge on any atom is 0.137 e. The van der Waals surface area contributed by atoms with Gasteiger partial charge in [-0.15, -0.1) is 0 Å². The lowest BCUT2D eigenvalue weighted by molar-refractivity contribution is -0.125.